The zero-order chi connectivity index (χ0) is 17.3. The van der Waals surface area contributed by atoms with Crippen LogP contribution in [0.25, 0.3) is 0 Å². The third kappa shape index (κ3) is 2.80. The first-order valence-corrected chi connectivity index (χ1v) is 8.99. The lowest BCUT2D eigenvalue weighted by Crippen LogP contribution is -2.48. The SMILES string of the molecule is COc1ccccc1N1CCN(S(=O)(=O)c2c(N)noc2C)CC1. The number of methoxy groups -OCH3 is 1. The zero-order valence-corrected chi connectivity index (χ0v) is 14.4. The van der Waals surface area contributed by atoms with Gasteiger partial charge in [-0.15, -0.1) is 0 Å². The molecule has 0 bridgehead atoms. The Bertz CT molecular complexity index is 806. The quantitative estimate of drug-likeness (QED) is 0.878. The number of rotatable bonds is 4. The van der Waals surface area contributed by atoms with Crippen molar-refractivity contribution in [3.63, 3.8) is 0 Å². The van der Waals surface area contributed by atoms with Gasteiger partial charge in [-0.25, -0.2) is 8.42 Å². The van der Waals surface area contributed by atoms with Crippen LogP contribution in [-0.2, 0) is 10.0 Å². The number of hydrogen-bond donors (Lipinski definition) is 1. The molecule has 0 spiro atoms. The summed E-state index contributed by atoms with van der Waals surface area (Å²) in [7, 11) is -2.09. The second-order valence-corrected chi connectivity index (χ2v) is 7.39. The molecule has 2 aromatic rings. The third-order valence-electron chi connectivity index (χ3n) is 4.10. The van der Waals surface area contributed by atoms with E-state index in [4.69, 9.17) is 15.0 Å². The first-order chi connectivity index (χ1) is 11.4. The minimum absolute atomic E-state index is 0.0340. The van der Waals surface area contributed by atoms with Crippen LogP contribution in [0.15, 0.2) is 33.7 Å². The van der Waals surface area contributed by atoms with E-state index in [9.17, 15) is 8.42 Å². The van der Waals surface area contributed by atoms with E-state index in [1.54, 1.807) is 14.0 Å². The number of piperazine rings is 1. The number of para-hydroxylation sites is 2. The van der Waals surface area contributed by atoms with Crippen molar-refractivity contribution in [2.75, 3.05) is 43.9 Å². The van der Waals surface area contributed by atoms with Gasteiger partial charge in [0, 0.05) is 26.2 Å². The Morgan fingerprint density at radius 3 is 2.46 bits per heavy atom. The maximum atomic E-state index is 12.8. The molecule has 130 valence electrons. The molecule has 0 radical (unpaired) electrons. The van der Waals surface area contributed by atoms with Crippen molar-refractivity contribution < 1.29 is 17.7 Å². The van der Waals surface area contributed by atoms with Crippen molar-refractivity contribution in [3.05, 3.63) is 30.0 Å². The van der Waals surface area contributed by atoms with E-state index in [1.165, 1.54) is 4.31 Å². The number of anilines is 2. The molecule has 24 heavy (non-hydrogen) atoms. The Kier molecular flexibility index (Phi) is 4.37. The molecule has 1 aromatic carbocycles. The number of aryl methyl sites for hydroxylation is 1. The topological polar surface area (TPSA) is 102 Å². The van der Waals surface area contributed by atoms with Gasteiger partial charge in [0.05, 0.1) is 12.8 Å². The van der Waals surface area contributed by atoms with Gasteiger partial charge in [-0.1, -0.05) is 17.3 Å². The molecule has 1 aromatic heterocycles. The summed E-state index contributed by atoms with van der Waals surface area (Å²) < 4.78 is 37.2. The summed E-state index contributed by atoms with van der Waals surface area (Å²) >= 11 is 0. The number of nitrogen functional groups attached to an aromatic ring is 1. The minimum Gasteiger partial charge on any atom is -0.495 e. The van der Waals surface area contributed by atoms with Crippen molar-refractivity contribution in [1.82, 2.24) is 9.46 Å². The van der Waals surface area contributed by atoms with Crippen molar-refractivity contribution in [3.8, 4) is 5.75 Å². The van der Waals surface area contributed by atoms with Crippen LogP contribution in [0.2, 0.25) is 0 Å². The Morgan fingerprint density at radius 1 is 1.21 bits per heavy atom. The lowest BCUT2D eigenvalue weighted by Gasteiger charge is -2.35. The summed E-state index contributed by atoms with van der Waals surface area (Å²) in [6, 6.07) is 7.69. The number of nitrogens with zero attached hydrogens (tertiary/aromatic N) is 3. The maximum absolute atomic E-state index is 12.8. The highest BCUT2D eigenvalue weighted by atomic mass is 32.2. The predicted octanol–water partition coefficient (Wildman–Crippen LogP) is 1.08. The van der Waals surface area contributed by atoms with Crippen molar-refractivity contribution >= 4 is 21.5 Å². The van der Waals surface area contributed by atoms with Gasteiger partial charge < -0.3 is 19.9 Å². The predicted molar refractivity (Wildman–Crippen MR) is 89.6 cm³/mol. The van der Waals surface area contributed by atoms with E-state index in [0.717, 1.165) is 11.4 Å². The van der Waals surface area contributed by atoms with Gasteiger partial charge in [0.25, 0.3) is 0 Å². The fourth-order valence-electron chi connectivity index (χ4n) is 2.88. The summed E-state index contributed by atoms with van der Waals surface area (Å²) in [5.74, 6) is 0.882. The Labute approximate surface area is 140 Å². The van der Waals surface area contributed by atoms with Crippen LogP contribution in [0.1, 0.15) is 5.76 Å². The average molecular weight is 352 g/mol. The van der Waals surface area contributed by atoms with Gasteiger partial charge in [0.1, 0.15) is 5.75 Å². The molecular weight excluding hydrogens is 332 g/mol. The lowest BCUT2D eigenvalue weighted by atomic mass is 10.2. The standard InChI is InChI=1S/C15H20N4O4S/c1-11-14(15(16)17-23-11)24(20,21)19-9-7-18(8-10-19)12-5-3-4-6-13(12)22-2/h3-6H,7-10H2,1-2H3,(H2,16,17). The fourth-order valence-corrected chi connectivity index (χ4v) is 4.49. The van der Waals surface area contributed by atoms with Gasteiger partial charge in [-0.3, -0.25) is 0 Å². The number of aromatic nitrogens is 1. The summed E-state index contributed by atoms with van der Waals surface area (Å²) in [6.45, 7) is 3.36. The van der Waals surface area contributed by atoms with Gasteiger partial charge in [0.2, 0.25) is 10.0 Å². The van der Waals surface area contributed by atoms with Crippen molar-refractivity contribution in [1.29, 1.82) is 0 Å². The Balaban J connectivity index is 1.78. The zero-order valence-electron chi connectivity index (χ0n) is 13.6. The van der Waals surface area contributed by atoms with Gasteiger partial charge in [-0.2, -0.15) is 4.31 Å². The molecule has 1 saturated heterocycles. The number of nitrogens with two attached hydrogens (primary N) is 1. The van der Waals surface area contributed by atoms with Crippen LogP contribution in [0.3, 0.4) is 0 Å². The van der Waals surface area contributed by atoms with E-state index < -0.39 is 10.0 Å². The van der Waals surface area contributed by atoms with E-state index in [1.807, 2.05) is 24.3 Å². The molecule has 0 amide bonds. The summed E-state index contributed by atoms with van der Waals surface area (Å²) in [4.78, 5) is 2.07. The van der Waals surface area contributed by atoms with Crippen LogP contribution >= 0.6 is 0 Å². The van der Waals surface area contributed by atoms with Gasteiger partial charge in [-0.05, 0) is 19.1 Å². The second-order valence-electron chi connectivity index (χ2n) is 5.52. The molecule has 0 saturated carbocycles. The van der Waals surface area contributed by atoms with Crippen LogP contribution in [-0.4, -0.2) is 51.2 Å². The normalized spacial score (nSPS) is 16.3. The molecule has 9 heteroatoms. The molecule has 1 aliphatic rings. The number of ether oxygens (including phenoxy) is 1. The Hall–Kier alpha value is -2.26. The van der Waals surface area contributed by atoms with Crippen molar-refractivity contribution in [2.24, 2.45) is 0 Å². The molecule has 1 aliphatic heterocycles. The third-order valence-corrected chi connectivity index (χ3v) is 6.15. The van der Waals surface area contributed by atoms with E-state index in [-0.39, 0.29) is 16.5 Å². The highest BCUT2D eigenvalue weighted by molar-refractivity contribution is 7.89. The number of sulfonamides is 1. The summed E-state index contributed by atoms with van der Waals surface area (Å²) in [6.07, 6.45) is 0. The number of benzene rings is 1. The molecule has 0 aliphatic carbocycles. The molecular formula is C15H20N4O4S. The molecule has 1 fully saturated rings. The smallest absolute Gasteiger partial charge is 0.250 e. The maximum Gasteiger partial charge on any atom is 0.250 e. The van der Waals surface area contributed by atoms with E-state index in [0.29, 0.717) is 26.2 Å². The number of hydrogen-bond acceptors (Lipinski definition) is 7. The van der Waals surface area contributed by atoms with Gasteiger partial charge in [0.15, 0.2) is 16.5 Å². The molecule has 2 heterocycles. The molecule has 0 atom stereocenters. The van der Waals surface area contributed by atoms with Crippen LogP contribution in [0.4, 0.5) is 11.5 Å². The van der Waals surface area contributed by atoms with Gasteiger partial charge >= 0.3 is 0 Å². The largest absolute Gasteiger partial charge is 0.495 e. The van der Waals surface area contributed by atoms with Crippen LogP contribution in [0.5, 0.6) is 5.75 Å². The summed E-state index contributed by atoms with van der Waals surface area (Å²) in [5, 5.41) is 3.53. The van der Waals surface area contributed by atoms with E-state index >= 15 is 0 Å². The molecule has 3 rings (SSSR count). The highest BCUT2D eigenvalue weighted by Crippen LogP contribution is 2.30. The minimum atomic E-state index is -3.71. The van der Waals surface area contributed by atoms with Crippen LogP contribution in [0, 0.1) is 6.92 Å². The van der Waals surface area contributed by atoms with Crippen molar-refractivity contribution in [2.45, 2.75) is 11.8 Å². The summed E-state index contributed by atoms with van der Waals surface area (Å²) in [5.41, 5.74) is 6.61. The first kappa shape index (κ1) is 16.6. The molecule has 8 nitrogen and oxygen atoms in total. The van der Waals surface area contributed by atoms with Crippen LogP contribution < -0.4 is 15.4 Å². The second kappa shape index (κ2) is 6.33. The molecule has 0 unspecified atom stereocenters. The fraction of sp³-hybridized carbons (Fsp3) is 0.400. The lowest BCUT2D eigenvalue weighted by molar-refractivity contribution is 0.374. The first-order valence-electron chi connectivity index (χ1n) is 7.55. The Morgan fingerprint density at radius 2 is 1.88 bits per heavy atom. The molecule has 2 N–H and O–H groups in total. The monoisotopic (exact) mass is 352 g/mol. The highest BCUT2D eigenvalue weighted by Gasteiger charge is 2.34. The van der Waals surface area contributed by atoms with E-state index in [2.05, 4.69) is 10.1 Å². The average Bonchev–Trinajstić information content (AvgIpc) is 2.94.